The first kappa shape index (κ1) is 19.6. The number of nitrogens with zero attached hydrogens (tertiary/aromatic N) is 1. The van der Waals surface area contributed by atoms with Gasteiger partial charge in [-0.15, -0.1) is 0 Å². The summed E-state index contributed by atoms with van der Waals surface area (Å²) < 4.78 is 23.3. The van der Waals surface area contributed by atoms with Crippen LogP contribution in [0.25, 0.3) is 33.2 Å². The Bertz CT molecular complexity index is 1300. The lowest BCUT2D eigenvalue weighted by Crippen LogP contribution is -2.29. The molecule has 0 amide bonds. The molecule has 1 saturated heterocycles. The van der Waals surface area contributed by atoms with Gasteiger partial charge in [0.05, 0.1) is 24.3 Å². The number of aliphatic hydroxyl groups is 1. The van der Waals surface area contributed by atoms with Crippen LogP contribution in [-0.2, 0) is 13.0 Å². The number of rotatable bonds is 4. The van der Waals surface area contributed by atoms with Crippen LogP contribution in [0.4, 0.5) is 4.39 Å². The second-order valence-electron chi connectivity index (χ2n) is 8.69. The van der Waals surface area contributed by atoms with E-state index in [0.29, 0.717) is 24.0 Å². The lowest BCUT2D eigenvalue weighted by atomic mass is 9.95. The third-order valence-corrected chi connectivity index (χ3v) is 6.92. The van der Waals surface area contributed by atoms with E-state index in [0.717, 1.165) is 71.1 Å². The fraction of sp³-hybridized carbons (Fsp3) is 0.308. The number of aromatic amines is 1. The van der Waals surface area contributed by atoms with Crippen LogP contribution in [-0.4, -0.2) is 34.4 Å². The highest BCUT2D eigenvalue weighted by molar-refractivity contribution is 6.02. The summed E-state index contributed by atoms with van der Waals surface area (Å²) in [6.45, 7) is 2.53. The lowest BCUT2D eigenvalue weighted by Gasteiger charge is -2.25. The first-order chi connectivity index (χ1) is 15.8. The molecule has 2 aromatic heterocycles. The van der Waals surface area contributed by atoms with Crippen LogP contribution in [0, 0.1) is 5.82 Å². The van der Waals surface area contributed by atoms with E-state index in [1.807, 2.05) is 30.6 Å². The molecule has 3 N–H and O–H groups in total. The highest BCUT2D eigenvalue weighted by atomic mass is 19.1. The summed E-state index contributed by atoms with van der Waals surface area (Å²) in [5.41, 5.74) is 6.35. The number of hydrogen-bond donors (Lipinski definition) is 3. The Morgan fingerprint density at radius 3 is 2.75 bits per heavy atom. The monoisotopic (exact) mass is 431 g/mol. The standard InChI is InChI=1S/C26H26FN3O2/c27-23-5-4-16-8-11-32-26(16)24(23)21-13-29-12-20(21)22-14-30(18-6-9-28-10-7-18)25-17(15-31)2-1-3-19(22)25/h1-5,12-14,18,28-29,31H,6-11,15H2. The number of benzene rings is 2. The van der Waals surface area contributed by atoms with Crippen LogP contribution in [0.15, 0.2) is 48.9 Å². The maximum atomic E-state index is 15.1. The molecule has 5 nitrogen and oxygen atoms in total. The summed E-state index contributed by atoms with van der Waals surface area (Å²) in [7, 11) is 0. The molecule has 0 bridgehead atoms. The average Bonchev–Trinajstić information content (AvgIpc) is 3.57. The van der Waals surface area contributed by atoms with Gasteiger partial charge >= 0.3 is 0 Å². The fourth-order valence-electron chi connectivity index (χ4n) is 5.37. The number of nitrogens with one attached hydrogen (secondary N) is 2. The van der Waals surface area contributed by atoms with Gasteiger partial charge in [-0.2, -0.15) is 0 Å². The summed E-state index contributed by atoms with van der Waals surface area (Å²) >= 11 is 0. The van der Waals surface area contributed by atoms with Gasteiger partial charge in [0.2, 0.25) is 0 Å². The van der Waals surface area contributed by atoms with Crippen molar-refractivity contribution in [1.29, 1.82) is 0 Å². The molecule has 4 aromatic rings. The summed E-state index contributed by atoms with van der Waals surface area (Å²) in [6, 6.07) is 9.80. The number of para-hydroxylation sites is 1. The van der Waals surface area contributed by atoms with Crippen molar-refractivity contribution >= 4 is 10.9 Å². The van der Waals surface area contributed by atoms with Crippen molar-refractivity contribution in [2.24, 2.45) is 0 Å². The van der Waals surface area contributed by atoms with E-state index in [1.165, 1.54) is 0 Å². The van der Waals surface area contributed by atoms with Gasteiger partial charge in [-0.1, -0.05) is 24.3 Å². The molecule has 0 aliphatic carbocycles. The van der Waals surface area contributed by atoms with E-state index in [4.69, 9.17) is 4.74 Å². The lowest BCUT2D eigenvalue weighted by molar-refractivity contribution is 0.282. The van der Waals surface area contributed by atoms with Gasteiger partial charge in [0.15, 0.2) is 0 Å². The number of halogens is 1. The maximum absolute atomic E-state index is 15.1. The molecule has 164 valence electrons. The SMILES string of the molecule is OCc1cccc2c(-c3c[nH]cc3-c3c(F)ccc4c3OCC4)cn(C3CCNCC3)c12. The fourth-order valence-corrected chi connectivity index (χ4v) is 5.37. The first-order valence-corrected chi connectivity index (χ1v) is 11.3. The summed E-state index contributed by atoms with van der Waals surface area (Å²) in [4.78, 5) is 3.20. The molecule has 32 heavy (non-hydrogen) atoms. The van der Waals surface area contributed by atoms with Gasteiger partial charge in [-0.3, -0.25) is 0 Å². The van der Waals surface area contributed by atoms with Crippen LogP contribution < -0.4 is 10.1 Å². The minimum atomic E-state index is -0.273. The zero-order valence-corrected chi connectivity index (χ0v) is 17.8. The summed E-state index contributed by atoms with van der Waals surface area (Å²) in [6.07, 6.45) is 8.87. The van der Waals surface area contributed by atoms with Crippen LogP contribution in [0.3, 0.4) is 0 Å². The topological polar surface area (TPSA) is 62.2 Å². The Morgan fingerprint density at radius 1 is 1.06 bits per heavy atom. The molecule has 2 aliphatic rings. The van der Waals surface area contributed by atoms with E-state index in [9.17, 15) is 5.11 Å². The van der Waals surface area contributed by atoms with Crippen LogP contribution in [0.2, 0.25) is 0 Å². The van der Waals surface area contributed by atoms with E-state index in [-0.39, 0.29) is 12.4 Å². The predicted molar refractivity (Wildman–Crippen MR) is 123 cm³/mol. The largest absolute Gasteiger partial charge is 0.492 e. The van der Waals surface area contributed by atoms with Gasteiger partial charge < -0.3 is 24.7 Å². The van der Waals surface area contributed by atoms with E-state index in [1.54, 1.807) is 6.07 Å². The summed E-state index contributed by atoms with van der Waals surface area (Å²) in [5.74, 6) is 0.383. The smallest absolute Gasteiger partial charge is 0.134 e. The molecule has 6 rings (SSSR count). The third kappa shape index (κ3) is 2.98. The highest BCUT2D eigenvalue weighted by Crippen LogP contribution is 2.45. The number of H-pyrrole nitrogens is 1. The van der Waals surface area contributed by atoms with Crippen molar-refractivity contribution in [2.45, 2.75) is 31.9 Å². The van der Waals surface area contributed by atoms with Gasteiger partial charge in [-0.25, -0.2) is 4.39 Å². The van der Waals surface area contributed by atoms with Crippen molar-refractivity contribution in [3.63, 3.8) is 0 Å². The molecule has 1 fully saturated rings. The molecule has 0 unspecified atom stereocenters. The Balaban J connectivity index is 1.58. The number of hydrogen-bond acceptors (Lipinski definition) is 3. The predicted octanol–water partition coefficient (Wildman–Crippen LogP) is 4.79. The normalized spacial score (nSPS) is 16.4. The Hall–Kier alpha value is -3.09. The number of piperidine rings is 1. The molecule has 0 saturated carbocycles. The van der Waals surface area contributed by atoms with Crippen molar-refractivity contribution in [3.8, 4) is 28.0 Å². The molecule has 6 heteroatoms. The van der Waals surface area contributed by atoms with Crippen LogP contribution in [0.5, 0.6) is 5.75 Å². The Labute approximate surface area is 185 Å². The maximum Gasteiger partial charge on any atom is 0.134 e. The van der Waals surface area contributed by atoms with Crippen molar-refractivity contribution in [2.75, 3.05) is 19.7 Å². The second kappa shape index (κ2) is 7.80. The zero-order chi connectivity index (χ0) is 21.7. The molecule has 2 aliphatic heterocycles. The van der Waals surface area contributed by atoms with Gasteiger partial charge in [0.25, 0.3) is 0 Å². The highest BCUT2D eigenvalue weighted by Gasteiger charge is 2.26. The minimum absolute atomic E-state index is 0.0135. The van der Waals surface area contributed by atoms with E-state index in [2.05, 4.69) is 27.1 Å². The van der Waals surface area contributed by atoms with Crippen molar-refractivity contribution < 1.29 is 14.2 Å². The molecular weight excluding hydrogens is 405 g/mol. The Kier molecular flexibility index (Phi) is 4.77. The average molecular weight is 432 g/mol. The minimum Gasteiger partial charge on any atom is -0.492 e. The molecular formula is C26H26FN3O2. The van der Waals surface area contributed by atoms with Crippen molar-refractivity contribution in [3.05, 3.63) is 65.9 Å². The van der Waals surface area contributed by atoms with Crippen LogP contribution in [0.1, 0.15) is 30.0 Å². The molecule has 0 atom stereocenters. The number of aliphatic hydroxyl groups excluding tert-OH is 1. The third-order valence-electron chi connectivity index (χ3n) is 6.92. The first-order valence-electron chi connectivity index (χ1n) is 11.3. The van der Waals surface area contributed by atoms with Gasteiger partial charge in [0, 0.05) is 58.7 Å². The molecule has 0 spiro atoms. The number of fused-ring (bicyclic) bond motifs is 2. The number of ether oxygens (including phenoxy) is 1. The molecule has 2 aromatic carbocycles. The van der Waals surface area contributed by atoms with E-state index >= 15 is 4.39 Å². The quantitative estimate of drug-likeness (QED) is 0.435. The molecule has 4 heterocycles. The molecule has 0 radical (unpaired) electrons. The van der Waals surface area contributed by atoms with Crippen molar-refractivity contribution in [1.82, 2.24) is 14.9 Å². The number of aromatic nitrogens is 2. The summed E-state index contributed by atoms with van der Waals surface area (Å²) in [5, 5.41) is 14.6. The van der Waals surface area contributed by atoms with Gasteiger partial charge in [-0.05, 0) is 37.6 Å². The zero-order valence-electron chi connectivity index (χ0n) is 17.8. The Morgan fingerprint density at radius 2 is 1.91 bits per heavy atom. The van der Waals surface area contributed by atoms with Crippen LogP contribution >= 0.6 is 0 Å². The second-order valence-corrected chi connectivity index (χ2v) is 8.69. The van der Waals surface area contributed by atoms with E-state index < -0.39 is 0 Å². The van der Waals surface area contributed by atoms with Gasteiger partial charge in [0.1, 0.15) is 11.6 Å².